The van der Waals surface area contributed by atoms with Gasteiger partial charge in [-0.25, -0.2) is 4.39 Å². The zero-order valence-corrected chi connectivity index (χ0v) is 12.4. The lowest BCUT2D eigenvalue weighted by molar-refractivity contribution is 0.133. The molecule has 110 valence electrons. The van der Waals surface area contributed by atoms with E-state index in [4.69, 9.17) is 5.26 Å². The van der Waals surface area contributed by atoms with E-state index in [-0.39, 0.29) is 11.4 Å². The summed E-state index contributed by atoms with van der Waals surface area (Å²) in [4.78, 5) is 0. The molecule has 2 heteroatoms. The van der Waals surface area contributed by atoms with Crippen molar-refractivity contribution in [3.63, 3.8) is 0 Å². The number of hydrogen-bond acceptors (Lipinski definition) is 1. The number of halogens is 1. The summed E-state index contributed by atoms with van der Waals surface area (Å²) >= 11 is 0. The molecule has 2 aliphatic carbocycles. The average Bonchev–Trinajstić information content (AvgIpc) is 2.53. The van der Waals surface area contributed by atoms with E-state index < -0.39 is 0 Å². The normalized spacial score (nSPS) is 32.0. The minimum Gasteiger partial charge on any atom is -0.206 e. The van der Waals surface area contributed by atoms with Gasteiger partial charge in [0.05, 0.1) is 5.56 Å². The zero-order valence-electron chi connectivity index (χ0n) is 12.4. The van der Waals surface area contributed by atoms with Crippen molar-refractivity contribution in [1.82, 2.24) is 0 Å². The van der Waals surface area contributed by atoms with Gasteiger partial charge in [0.25, 0.3) is 0 Å². The van der Waals surface area contributed by atoms with Gasteiger partial charge >= 0.3 is 0 Å². The fourth-order valence-electron chi connectivity index (χ4n) is 4.32. The Morgan fingerprint density at radius 3 is 2.62 bits per heavy atom. The molecular formula is C19H22FN. The Bertz CT molecular complexity index is 571. The lowest BCUT2D eigenvalue weighted by Crippen LogP contribution is -2.30. The van der Waals surface area contributed by atoms with Gasteiger partial charge in [-0.15, -0.1) is 6.58 Å². The Hall–Kier alpha value is -1.62. The van der Waals surface area contributed by atoms with Crippen LogP contribution in [-0.2, 0) is 0 Å². The summed E-state index contributed by atoms with van der Waals surface area (Å²) in [5.74, 6) is 2.43. The topological polar surface area (TPSA) is 23.8 Å². The largest absolute Gasteiger partial charge is 0.206 e. The highest BCUT2D eigenvalue weighted by molar-refractivity contribution is 5.35. The maximum atomic E-state index is 13.8. The molecular weight excluding hydrogens is 261 g/mol. The van der Waals surface area contributed by atoms with E-state index in [1.54, 1.807) is 12.1 Å². The SMILES string of the molecule is C=C[C@@H]1CC[C@@H]2C[C@H](c3ccc(C#N)c(F)c3)CC[C@@H]2C1. The number of benzene rings is 1. The van der Waals surface area contributed by atoms with E-state index in [0.29, 0.717) is 11.8 Å². The lowest BCUT2D eigenvalue weighted by atomic mass is 9.64. The fraction of sp³-hybridized carbons (Fsp3) is 0.526. The first-order valence-electron chi connectivity index (χ1n) is 8.03. The lowest BCUT2D eigenvalue weighted by Gasteiger charge is -2.41. The Morgan fingerprint density at radius 1 is 1.14 bits per heavy atom. The van der Waals surface area contributed by atoms with E-state index >= 15 is 0 Å². The van der Waals surface area contributed by atoms with Crippen LogP contribution in [0.5, 0.6) is 0 Å². The van der Waals surface area contributed by atoms with Crippen LogP contribution in [0.4, 0.5) is 4.39 Å². The smallest absolute Gasteiger partial charge is 0.141 e. The summed E-state index contributed by atoms with van der Waals surface area (Å²) in [6.45, 7) is 3.94. The quantitative estimate of drug-likeness (QED) is 0.686. The molecule has 1 aromatic carbocycles. The van der Waals surface area contributed by atoms with E-state index in [2.05, 4.69) is 12.7 Å². The van der Waals surface area contributed by atoms with Crippen LogP contribution in [0.15, 0.2) is 30.9 Å². The van der Waals surface area contributed by atoms with Gasteiger partial charge in [-0.2, -0.15) is 5.26 Å². The van der Waals surface area contributed by atoms with Crippen molar-refractivity contribution < 1.29 is 4.39 Å². The van der Waals surface area contributed by atoms with Gasteiger partial charge in [-0.3, -0.25) is 0 Å². The van der Waals surface area contributed by atoms with Gasteiger partial charge in [0.2, 0.25) is 0 Å². The summed E-state index contributed by atoms with van der Waals surface area (Å²) in [6, 6.07) is 7.06. The van der Waals surface area contributed by atoms with Gasteiger partial charge in [0.15, 0.2) is 0 Å². The van der Waals surface area contributed by atoms with Crippen LogP contribution in [0, 0.1) is 34.9 Å². The fourth-order valence-corrected chi connectivity index (χ4v) is 4.32. The van der Waals surface area contributed by atoms with E-state index in [0.717, 1.165) is 23.8 Å². The molecule has 2 saturated carbocycles. The molecule has 0 heterocycles. The molecule has 0 amide bonds. The summed E-state index contributed by atoms with van der Waals surface area (Å²) < 4.78 is 13.8. The molecule has 0 aliphatic heterocycles. The molecule has 1 nitrogen and oxygen atoms in total. The van der Waals surface area contributed by atoms with Gasteiger partial charge in [0.1, 0.15) is 11.9 Å². The molecule has 2 aliphatic rings. The summed E-state index contributed by atoms with van der Waals surface area (Å²) in [5.41, 5.74) is 1.23. The number of rotatable bonds is 2. The van der Waals surface area contributed by atoms with Gasteiger partial charge < -0.3 is 0 Å². The monoisotopic (exact) mass is 283 g/mol. The summed E-state index contributed by atoms with van der Waals surface area (Å²) in [6.07, 6.45) is 9.55. The molecule has 3 rings (SSSR count). The maximum Gasteiger partial charge on any atom is 0.141 e. The van der Waals surface area contributed by atoms with Crippen molar-refractivity contribution in [1.29, 1.82) is 5.26 Å². The minimum absolute atomic E-state index is 0.152. The highest BCUT2D eigenvalue weighted by Gasteiger charge is 2.35. The third-order valence-electron chi connectivity index (χ3n) is 5.57. The van der Waals surface area contributed by atoms with Crippen LogP contribution in [0.3, 0.4) is 0 Å². The molecule has 0 saturated heterocycles. The summed E-state index contributed by atoms with van der Waals surface area (Å²) in [5, 5.41) is 8.82. The highest BCUT2D eigenvalue weighted by Crippen LogP contribution is 2.47. The molecule has 1 aromatic rings. The molecule has 21 heavy (non-hydrogen) atoms. The van der Waals surface area contributed by atoms with Gasteiger partial charge in [-0.1, -0.05) is 12.1 Å². The Balaban J connectivity index is 1.71. The molecule has 2 fully saturated rings. The number of nitrogens with zero attached hydrogens (tertiary/aromatic N) is 1. The van der Waals surface area contributed by atoms with Crippen LogP contribution >= 0.6 is 0 Å². The molecule has 0 radical (unpaired) electrons. The third kappa shape index (κ3) is 2.88. The van der Waals surface area contributed by atoms with Gasteiger partial charge in [-0.05, 0) is 79.9 Å². The molecule has 0 unspecified atom stereocenters. The van der Waals surface area contributed by atoms with E-state index in [1.165, 1.54) is 32.1 Å². The highest BCUT2D eigenvalue weighted by atomic mass is 19.1. The molecule has 0 N–H and O–H groups in total. The number of allylic oxidation sites excluding steroid dienone is 1. The second kappa shape index (κ2) is 6.02. The van der Waals surface area contributed by atoms with Crippen molar-refractivity contribution >= 4 is 0 Å². The van der Waals surface area contributed by atoms with Crippen LogP contribution in [0.2, 0.25) is 0 Å². The second-order valence-corrected chi connectivity index (χ2v) is 6.69. The van der Waals surface area contributed by atoms with Crippen molar-refractivity contribution in [2.45, 2.75) is 44.4 Å². The van der Waals surface area contributed by atoms with E-state index in [9.17, 15) is 4.39 Å². The Kier molecular flexibility index (Phi) is 4.10. The molecule has 0 bridgehead atoms. The Labute approximate surface area is 126 Å². The first-order chi connectivity index (χ1) is 10.2. The van der Waals surface area contributed by atoms with Crippen LogP contribution in [0.25, 0.3) is 0 Å². The minimum atomic E-state index is -0.368. The standard InChI is InChI=1S/C19H22FN/c1-2-13-3-4-15-10-16(6-5-14(15)9-13)17-7-8-18(12-21)19(20)11-17/h2,7-8,11,13-16H,1,3-6,9-10H2/t13-,14-,15-,16-/m1/s1. The van der Waals surface area contributed by atoms with Crippen LogP contribution in [0.1, 0.15) is 55.6 Å². The predicted molar refractivity (Wildman–Crippen MR) is 82.2 cm³/mol. The molecule has 0 spiro atoms. The second-order valence-electron chi connectivity index (χ2n) is 6.69. The van der Waals surface area contributed by atoms with Crippen molar-refractivity contribution in [2.75, 3.05) is 0 Å². The average molecular weight is 283 g/mol. The number of hydrogen-bond donors (Lipinski definition) is 0. The first-order valence-corrected chi connectivity index (χ1v) is 8.03. The number of nitriles is 1. The number of fused-ring (bicyclic) bond motifs is 1. The molecule has 0 aromatic heterocycles. The molecule has 4 atom stereocenters. The van der Waals surface area contributed by atoms with Gasteiger partial charge in [0, 0.05) is 0 Å². The van der Waals surface area contributed by atoms with Crippen molar-refractivity contribution in [3.8, 4) is 6.07 Å². The Morgan fingerprint density at radius 2 is 1.90 bits per heavy atom. The van der Waals surface area contributed by atoms with Crippen LogP contribution < -0.4 is 0 Å². The third-order valence-corrected chi connectivity index (χ3v) is 5.57. The predicted octanol–water partition coefficient (Wildman–Crippen LogP) is 5.18. The first kappa shape index (κ1) is 14.3. The maximum absolute atomic E-state index is 13.8. The van der Waals surface area contributed by atoms with Crippen LogP contribution in [-0.4, -0.2) is 0 Å². The van der Waals surface area contributed by atoms with Crippen molar-refractivity contribution in [3.05, 3.63) is 47.8 Å². The zero-order chi connectivity index (χ0) is 14.8. The summed E-state index contributed by atoms with van der Waals surface area (Å²) in [7, 11) is 0. The van der Waals surface area contributed by atoms with Crippen molar-refractivity contribution in [2.24, 2.45) is 17.8 Å². The van der Waals surface area contributed by atoms with E-state index in [1.807, 2.05) is 12.1 Å².